The van der Waals surface area contributed by atoms with E-state index in [-0.39, 0.29) is 6.03 Å². The van der Waals surface area contributed by atoms with E-state index in [0.717, 1.165) is 17.7 Å². The molecule has 0 radical (unpaired) electrons. The second kappa shape index (κ2) is 7.99. The molecule has 0 saturated carbocycles. The highest BCUT2D eigenvalue weighted by atomic mass is 16.5. The highest BCUT2D eigenvalue weighted by Gasteiger charge is 2.21. The van der Waals surface area contributed by atoms with Crippen molar-refractivity contribution in [2.24, 2.45) is 0 Å². The second-order valence-corrected chi connectivity index (χ2v) is 6.07. The molecule has 1 aliphatic heterocycles. The Morgan fingerprint density at radius 2 is 1.77 bits per heavy atom. The van der Waals surface area contributed by atoms with Crippen molar-refractivity contribution in [1.29, 1.82) is 0 Å². The van der Waals surface area contributed by atoms with Crippen molar-refractivity contribution in [3.8, 4) is 17.2 Å². The van der Waals surface area contributed by atoms with Crippen molar-refractivity contribution in [2.75, 3.05) is 32.7 Å². The molecular weight excluding hydrogens is 332 g/mol. The summed E-state index contributed by atoms with van der Waals surface area (Å²) in [6.45, 7) is 3.82. The first kappa shape index (κ1) is 17.9. The van der Waals surface area contributed by atoms with E-state index in [0.29, 0.717) is 36.9 Å². The van der Waals surface area contributed by atoms with Crippen molar-refractivity contribution < 1.29 is 19.0 Å². The first-order valence-corrected chi connectivity index (χ1v) is 8.66. The summed E-state index contributed by atoms with van der Waals surface area (Å²) in [7, 11) is 3.16. The minimum atomic E-state index is -0.146. The number of hydrogen-bond acceptors (Lipinski definition) is 4. The number of methoxy groups -OCH3 is 2. The molecule has 0 unspecified atom stereocenters. The monoisotopic (exact) mass is 356 g/mol. The van der Waals surface area contributed by atoms with E-state index in [1.807, 2.05) is 19.1 Å². The maximum Gasteiger partial charge on any atom is 0.322 e. The third-order valence-corrected chi connectivity index (χ3v) is 4.39. The number of ether oxygens (including phenoxy) is 3. The Morgan fingerprint density at radius 1 is 1.04 bits per heavy atom. The van der Waals surface area contributed by atoms with Gasteiger partial charge in [-0.05, 0) is 36.6 Å². The van der Waals surface area contributed by atoms with Crippen LogP contribution in [0.15, 0.2) is 36.4 Å². The Labute approximate surface area is 153 Å². The number of rotatable bonds is 5. The number of nitrogens with zero attached hydrogens (tertiary/aromatic N) is 1. The van der Waals surface area contributed by atoms with Crippen LogP contribution in [0.4, 0.5) is 10.5 Å². The number of amides is 2. The van der Waals surface area contributed by atoms with Gasteiger partial charge < -0.3 is 24.4 Å². The molecule has 0 fully saturated rings. The van der Waals surface area contributed by atoms with Crippen LogP contribution in [0.25, 0.3) is 0 Å². The van der Waals surface area contributed by atoms with E-state index in [1.54, 1.807) is 37.3 Å². The van der Waals surface area contributed by atoms with Crippen LogP contribution in [0.5, 0.6) is 17.2 Å². The summed E-state index contributed by atoms with van der Waals surface area (Å²) in [6, 6.07) is 11.3. The van der Waals surface area contributed by atoms with Crippen molar-refractivity contribution in [2.45, 2.75) is 19.9 Å². The number of fused-ring (bicyclic) bond motifs is 1. The van der Waals surface area contributed by atoms with Crippen molar-refractivity contribution in [3.05, 3.63) is 47.5 Å². The van der Waals surface area contributed by atoms with E-state index in [2.05, 4.69) is 11.4 Å². The van der Waals surface area contributed by atoms with Crippen LogP contribution in [0.3, 0.4) is 0 Å². The Balaban J connectivity index is 1.72. The zero-order valence-corrected chi connectivity index (χ0v) is 15.4. The Bertz CT molecular complexity index is 769. The van der Waals surface area contributed by atoms with Crippen LogP contribution in [0, 0.1) is 0 Å². The Hall–Kier alpha value is -2.89. The molecule has 0 bridgehead atoms. The van der Waals surface area contributed by atoms with Crippen LogP contribution in [0.1, 0.15) is 18.1 Å². The van der Waals surface area contributed by atoms with Gasteiger partial charge in [0.25, 0.3) is 0 Å². The molecule has 0 saturated heterocycles. The van der Waals surface area contributed by atoms with E-state index < -0.39 is 0 Å². The molecule has 3 rings (SSSR count). The zero-order chi connectivity index (χ0) is 18.5. The predicted octanol–water partition coefficient (Wildman–Crippen LogP) is 3.69. The Morgan fingerprint density at radius 3 is 2.42 bits per heavy atom. The van der Waals surface area contributed by atoms with Gasteiger partial charge in [-0.25, -0.2) is 4.79 Å². The van der Waals surface area contributed by atoms with Gasteiger partial charge in [-0.2, -0.15) is 0 Å². The average Bonchev–Trinajstić information content (AvgIpc) is 2.67. The first-order chi connectivity index (χ1) is 12.6. The number of urea groups is 1. The lowest BCUT2D eigenvalue weighted by Crippen LogP contribution is -2.38. The summed E-state index contributed by atoms with van der Waals surface area (Å²) < 4.78 is 16.1. The molecule has 1 aliphatic rings. The molecule has 0 atom stereocenters. The molecular formula is C20H24N2O4. The van der Waals surface area contributed by atoms with Crippen LogP contribution >= 0.6 is 0 Å². The maximum absolute atomic E-state index is 12.7. The molecule has 2 aromatic carbocycles. The largest absolute Gasteiger partial charge is 0.497 e. The lowest BCUT2D eigenvalue weighted by Gasteiger charge is -2.29. The summed E-state index contributed by atoms with van der Waals surface area (Å²) in [5, 5.41) is 2.93. The number of anilines is 1. The topological polar surface area (TPSA) is 60.0 Å². The SMILES string of the molecule is CCOc1ccc2c(c1)CN(C(=O)Nc1cc(OC)cc(OC)c1)CC2. The molecule has 2 aromatic rings. The molecule has 1 N–H and O–H groups in total. The smallest absolute Gasteiger partial charge is 0.322 e. The maximum atomic E-state index is 12.7. The average molecular weight is 356 g/mol. The Kier molecular flexibility index (Phi) is 5.51. The summed E-state index contributed by atoms with van der Waals surface area (Å²) >= 11 is 0. The van der Waals surface area contributed by atoms with E-state index >= 15 is 0 Å². The van der Waals surface area contributed by atoms with E-state index in [1.165, 1.54) is 5.56 Å². The van der Waals surface area contributed by atoms with Gasteiger partial charge in [0.2, 0.25) is 0 Å². The number of nitrogens with one attached hydrogen (secondary N) is 1. The van der Waals surface area contributed by atoms with Gasteiger partial charge in [0, 0.05) is 37.0 Å². The van der Waals surface area contributed by atoms with Crippen molar-refractivity contribution in [3.63, 3.8) is 0 Å². The number of benzene rings is 2. The number of carbonyl (C=O) groups excluding carboxylic acids is 1. The van der Waals surface area contributed by atoms with Crippen molar-refractivity contribution in [1.82, 2.24) is 4.90 Å². The minimum Gasteiger partial charge on any atom is -0.497 e. The first-order valence-electron chi connectivity index (χ1n) is 8.66. The van der Waals surface area contributed by atoms with Gasteiger partial charge >= 0.3 is 6.03 Å². The van der Waals surface area contributed by atoms with Gasteiger partial charge in [-0.1, -0.05) is 6.07 Å². The van der Waals surface area contributed by atoms with Crippen LogP contribution in [0.2, 0.25) is 0 Å². The molecule has 26 heavy (non-hydrogen) atoms. The summed E-state index contributed by atoms with van der Waals surface area (Å²) in [5.74, 6) is 2.10. The molecule has 6 nitrogen and oxygen atoms in total. The zero-order valence-electron chi connectivity index (χ0n) is 15.4. The number of carbonyl (C=O) groups is 1. The van der Waals surface area contributed by atoms with Gasteiger partial charge in [0.05, 0.1) is 20.8 Å². The van der Waals surface area contributed by atoms with Gasteiger partial charge in [0.15, 0.2) is 0 Å². The molecule has 0 spiro atoms. The second-order valence-electron chi connectivity index (χ2n) is 6.07. The van der Waals surface area contributed by atoms with Gasteiger partial charge in [-0.3, -0.25) is 0 Å². The van der Waals surface area contributed by atoms with Crippen LogP contribution in [-0.2, 0) is 13.0 Å². The van der Waals surface area contributed by atoms with Gasteiger partial charge in [-0.15, -0.1) is 0 Å². The third-order valence-electron chi connectivity index (χ3n) is 4.39. The highest BCUT2D eigenvalue weighted by Crippen LogP contribution is 2.27. The molecule has 138 valence electrons. The lowest BCUT2D eigenvalue weighted by atomic mass is 10.00. The third kappa shape index (κ3) is 4.02. The van der Waals surface area contributed by atoms with Crippen LogP contribution in [-0.4, -0.2) is 38.3 Å². The van der Waals surface area contributed by atoms with E-state index in [4.69, 9.17) is 14.2 Å². The van der Waals surface area contributed by atoms with E-state index in [9.17, 15) is 4.79 Å². The normalized spacial score (nSPS) is 13.0. The molecule has 0 aliphatic carbocycles. The molecule has 6 heteroatoms. The standard InChI is InChI=1S/C20H24N2O4/c1-4-26-17-6-5-14-7-8-22(13-15(14)9-17)20(23)21-16-10-18(24-2)12-19(11-16)25-3/h5-6,9-12H,4,7-8,13H2,1-3H3,(H,21,23). The molecule has 1 heterocycles. The predicted molar refractivity (Wildman–Crippen MR) is 100 cm³/mol. The quantitative estimate of drug-likeness (QED) is 0.888. The fourth-order valence-electron chi connectivity index (χ4n) is 3.05. The highest BCUT2D eigenvalue weighted by molar-refractivity contribution is 5.90. The summed E-state index contributed by atoms with van der Waals surface area (Å²) in [4.78, 5) is 14.5. The minimum absolute atomic E-state index is 0.146. The van der Waals surface area contributed by atoms with Crippen molar-refractivity contribution >= 4 is 11.7 Å². The lowest BCUT2D eigenvalue weighted by molar-refractivity contribution is 0.206. The molecule has 2 amide bonds. The van der Waals surface area contributed by atoms with Crippen LogP contribution < -0.4 is 19.5 Å². The summed E-state index contributed by atoms with van der Waals surface area (Å²) in [6.07, 6.45) is 0.830. The fraction of sp³-hybridized carbons (Fsp3) is 0.350. The molecule has 0 aromatic heterocycles. The fourth-order valence-corrected chi connectivity index (χ4v) is 3.05. The van der Waals surface area contributed by atoms with Gasteiger partial charge in [0.1, 0.15) is 17.2 Å². The number of hydrogen-bond donors (Lipinski definition) is 1. The summed E-state index contributed by atoms with van der Waals surface area (Å²) in [5.41, 5.74) is 3.03.